The number of aromatic nitrogens is 2. The molecule has 2 aromatic heterocycles. The van der Waals surface area contributed by atoms with Gasteiger partial charge in [-0.1, -0.05) is 22.9 Å². The van der Waals surface area contributed by atoms with Gasteiger partial charge >= 0.3 is 0 Å². The van der Waals surface area contributed by atoms with Crippen LogP contribution in [0, 0.1) is 5.92 Å². The first-order valence-corrected chi connectivity index (χ1v) is 8.30. The summed E-state index contributed by atoms with van der Waals surface area (Å²) < 4.78 is 0. The van der Waals surface area contributed by atoms with Crippen molar-refractivity contribution < 1.29 is 0 Å². The predicted molar refractivity (Wildman–Crippen MR) is 80.9 cm³/mol. The zero-order valence-corrected chi connectivity index (χ0v) is 12.8. The molecule has 1 atom stereocenters. The molecule has 1 fully saturated rings. The van der Waals surface area contributed by atoms with Crippen LogP contribution in [0.15, 0.2) is 12.4 Å². The fraction of sp³-hybridized carbons (Fsp3) is 0.538. The van der Waals surface area contributed by atoms with Crippen LogP contribution >= 0.6 is 27.3 Å². The van der Waals surface area contributed by atoms with Gasteiger partial charge in [-0.25, -0.2) is 9.97 Å². The molecule has 0 aromatic carbocycles. The molecule has 1 aliphatic heterocycles. The van der Waals surface area contributed by atoms with Gasteiger partial charge in [0.25, 0.3) is 0 Å². The number of anilines is 1. The first-order chi connectivity index (χ1) is 8.81. The number of fused-ring (bicyclic) bond motifs is 1. The van der Waals surface area contributed by atoms with E-state index in [4.69, 9.17) is 0 Å². The van der Waals surface area contributed by atoms with E-state index in [-0.39, 0.29) is 0 Å². The summed E-state index contributed by atoms with van der Waals surface area (Å²) in [6.07, 6.45) is 4.03. The highest BCUT2D eigenvalue weighted by Crippen LogP contribution is 2.33. The van der Waals surface area contributed by atoms with Crippen LogP contribution in [-0.2, 0) is 6.42 Å². The normalized spacial score (nSPS) is 19.9. The largest absolute Gasteiger partial charge is 0.356 e. The van der Waals surface area contributed by atoms with Gasteiger partial charge in [0.1, 0.15) is 17.0 Å². The molecule has 1 saturated heterocycles. The number of aryl methyl sites for hydroxylation is 1. The fourth-order valence-corrected chi connectivity index (χ4v) is 3.93. The van der Waals surface area contributed by atoms with Crippen molar-refractivity contribution in [2.24, 2.45) is 5.92 Å². The number of thiophene rings is 1. The van der Waals surface area contributed by atoms with Crippen LogP contribution in [0.1, 0.15) is 18.2 Å². The minimum Gasteiger partial charge on any atom is -0.356 e. The maximum Gasteiger partial charge on any atom is 0.140 e. The second-order valence-corrected chi connectivity index (χ2v) is 6.50. The second kappa shape index (κ2) is 5.13. The van der Waals surface area contributed by atoms with Gasteiger partial charge < -0.3 is 4.90 Å². The summed E-state index contributed by atoms with van der Waals surface area (Å²) in [5.74, 6) is 1.87. The van der Waals surface area contributed by atoms with Crippen LogP contribution in [-0.4, -0.2) is 28.4 Å². The van der Waals surface area contributed by atoms with E-state index in [1.54, 1.807) is 17.7 Å². The quantitative estimate of drug-likeness (QED) is 0.809. The molecule has 5 heteroatoms. The molecule has 0 aliphatic carbocycles. The summed E-state index contributed by atoms with van der Waals surface area (Å²) >= 11 is 5.37. The third-order valence-electron chi connectivity index (χ3n) is 3.51. The van der Waals surface area contributed by atoms with E-state index >= 15 is 0 Å². The first kappa shape index (κ1) is 12.4. The molecule has 0 bridgehead atoms. The molecule has 18 heavy (non-hydrogen) atoms. The maximum absolute atomic E-state index is 4.51. The van der Waals surface area contributed by atoms with Crippen molar-refractivity contribution in [2.45, 2.75) is 19.8 Å². The number of alkyl halides is 1. The molecule has 96 valence electrons. The Hall–Kier alpha value is -0.680. The molecule has 0 N–H and O–H groups in total. The molecule has 3 rings (SSSR count). The molecular weight excluding hydrogens is 310 g/mol. The zero-order chi connectivity index (χ0) is 12.5. The molecule has 0 amide bonds. The number of hydrogen-bond acceptors (Lipinski definition) is 4. The van der Waals surface area contributed by atoms with E-state index < -0.39 is 0 Å². The van der Waals surface area contributed by atoms with Gasteiger partial charge in [0.15, 0.2) is 0 Å². The van der Waals surface area contributed by atoms with Crippen molar-refractivity contribution in [1.29, 1.82) is 0 Å². The third kappa shape index (κ3) is 2.14. The second-order valence-electron chi connectivity index (χ2n) is 4.74. The van der Waals surface area contributed by atoms with Crippen molar-refractivity contribution in [3.05, 3.63) is 17.3 Å². The van der Waals surface area contributed by atoms with Crippen LogP contribution in [0.5, 0.6) is 0 Å². The van der Waals surface area contributed by atoms with Gasteiger partial charge in [-0.05, 0) is 24.8 Å². The van der Waals surface area contributed by atoms with E-state index in [0.29, 0.717) is 0 Å². The molecule has 3 nitrogen and oxygen atoms in total. The zero-order valence-electron chi connectivity index (χ0n) is 10.4. The Morgan fingerprint density at radius 2 is 2.39 bits per heavy atom. The van der Waals surface area contributed by atoms with Crippen LogP contribution < -0.4 is 4.90 Å². The fourth-order valence-electron chi connectivity index (χ4n) is 2.47. The van der Waals surface area contributed by atoms with Crippen molar-refractivity contribution in [1.82, 2.24) is 9.97 Å². The summed E-state index contributed by atoms with van der Waals surface area (Å²) in [6, 6.07) is 2.26. The highest BCUT2D eigenvalue weighted by Gasteiger charge is 2.24. The smallest absolute Gasteiger partial charge is 0.140 e. The van der Waals surface area contributed by atoms with Crippen molar-refractivity contribution in [2.75, 3.05) is 23.3 Å². The average molecular weight is 326 g/mol. The molecule has 2 aromatic rings. The van der Waals surface area contributed by atoms with Crippen molar-refractivity contribution in [3.63, 3.8) is 0 Å². The number of halogens is 1. The summed E-state index contributed by atoms with van der Waals surface area (Å²) in [6.45, 7) is 4.41. The van der Waals surface area contributed by atoms with Crippen LogP contribution in [0.25, 0.3) is 10.2 Å². The van der Waals surface area contributed by atoms with E-state index in [9.17, 15) is 0 Å². The lowest BCUT2D eigenvalue weighted by atomic mass is 10.2. The Morgan fingerprint density at radius 1 is 1.50 bits per heavy atom. The molecule has 0 radical (unpaired) electrons. The van der Waals surface area contributed by atoms with E-state index in [2.05, 4.69) is 43.8 Å². The molecule has 0 spiro atoms. The van der Waals surface area contributed by atoms with Crippen LogP contribution in [0.4, 0.5) is 5.82 Å². The molecule has 0 saturated carbocycles. The van der Waals surface area contributed by atoms with Crippen molar-refractivity contribution >= 4 is 43.3 Å². The van der Waals surface area contributed by atoms with E-state index in [0.717, 1.165) is 41.4 Å². The summed E-state index contributed by atoms with van der Waals surface area (Å²) in [7, 11) is 0. The maximum atomic E-state index is 4.51. The van der Waals surface area contributed by atoms with Crippen molar-refractivity contribution in [3.8, 4) is 0 Å². The van der Waals surface area contributed by atoms with Crippen LogP contribution in [0.2, 0.25) is 0 Å². The van der Waals surface area contributed by atoms with E-state index in [1.807, 2.05) is 0 Å². The average Bonchev–Trinajstić information content (AvgIpc) is 3.04. The standard InChI is InChI=1S/C13H16BrN3S/c1-2-10-5-11-12(15-8-16-13(11)18-10)17-4-3-9(6-14)7-17/h5,8-9H,2-4,6-7H2,1H3. The Labute approximate surface area is 119 Å². The van der Waals surface area contributed by atoms with Gasteiger partial charge in [0.05, 0.1) is 5.39 Å². The number of hydrogen-bond donors (Lipinski definition) is 0. The molecule has 1 aliphatic rings. The van der Waals surface area contributed by atoms with Gasteiger partial charge in [0.2, 0.25) is 0 Å². The SMILES string of the molecule is CCc1cc2c(N3CCC(CBr)C3)ncnc2s1. The molecule has 1 unspecified atom stereocenters. The molecule has 3 heterocycles. The monoisotopic (exact) mass is 325 g/mol. The Bertz CT molecular complexity index is 554. The topological polar surface area (TPSA) is 29.0 Å². The Morgan fingerprint density at radius 3 is 3.11 bits per heavy atom. The highest BCUT2D eigenvalue weighted by atomic mass is 79.9. The predicted octanol–water partition coefficient (Wildman–Crippen LogP) is 3.47. The lowest BCUT2D eigenvalue weighted by Crippen LogP contribution is -2.21. The number of nitrogens with zero attached hydrogens (tertiary/aromatic N) is 3. The first-order valence-electron chi connectivity index (χ1n) is 6.36. The minimum absolute atomic E-state index is 0.749. The Kier molecular flexibility index (Phi) is 3.52. The van der Waals surface area contributed by atoms with Gasteiger partial charge in [-0.3, -0.25) is 0 Å². The lowest BCUT2D eigenvalue weighted by molar-refractivity contribution is 0.675. The van der Waals surface area contributed by atoms with Crippen LogP contribution in [0.3, 0.4) is 0 Å². The van der Waals surface area contributed by atoms with E-state index in [1.165, 1.54) is 16.7 Å². The van der Waals surface area contributed by atoms with Gasteiger partial charge in [0, 0.05) is 23.3 Å². The summed E-state index contributed by atoms with van der Waals surface area (Å²) in [5, 5.41) is 2.32. The lowest BCUT2D eigenvalue weighted by Gasteiger charge is -2.17. The summed E-state index contributed by atoms with van der Waals surface area (Å²) in [4.78, 5) is 13.8. The van der Waals surface area contributed by atoms with Gasteiger partial charge in [-0.15, -0.1) is 11.3 Å². The Balaban J connectivity index is 1.98. The summed E-state index contributed by atoms with van der Waals surface area (Å²) in [5.41, 5.74) is 0. The minimum atomic E-state index is 0.749. The molecular formula is C13H16BrN3S. The third-order valence-corrected chi connectivity index (χ3v) is 5.61. The highest BCUT2D eigenvalue weighted by molar-refractivity contribution is 9.09. The van der Waals surface area contributed by atoms with Gasteiger partial charge in [-0.2, -0.15) is 0 Å². The number of rotatable bonds is 3.